The number of anilines is 1. The van der Waals surface area contributed by atoms with Crippen LogP contribution in [0.3, 0.4) is 0 Å². The number of carbonyl (C=O) groups is 1. The number of benzene rings is 1. The van der Waals surface area contributed by atoms with Crippen LogP contribution in [0, 0.1) is 0 Å². The van der Waals surface area contributed by atoms with Crippen molar-refractivity contribution in [1.82, 2.24) is 9.55 Å². The summed E-state index contributed by atoms with van der Waals surface area (Å²) >= 11 is 8.02. The third-order valence-corrected chi connectivity index (χ3v) is 5.81. The van der Waals surface area contributed by atoms with E-state index in [0.29, 0.717) is 29.5 Å². The Morgan fingerprint density at radius 3 is 2.78 bits per heavy atom. The Bertz CT molecular complexity index is 950. The van der Waals surface area contributed by atoms with Crippen molar-refractivity contribution < 1.29 is 9.90 Å². The molecule has 0 bridgehead atoms. The van der Waals surface area contributed by atoms with Gasteiger partial charge in [-0.2, -0.15) is 4.98 Å². The lowest BCUT2D eigenvalue weighted by atomic mass is 10.1. The Hall–Kier alpha value is -1.99. The van der Waals surface area contributed by atoms with Crippen LogP contribution < -0.4 is 10.9 Å². The van der Waals surface area contributed by atoms with Crippen LogP contribution in [0.15, 0.2) is 27.9 Å². The Labute approximate surface area is 167 Å². The standard InChI is InChI=1S/C19H22ClN3O3S/c1-19(2,3)27-12-8-6-7-11(15(12)20)21-16(24)14-17(25)22-13-9-4-5-10-23(13)18(14)26/h6-8,25H,4-5,9-10H2,1-3H3,(H,21,24). The second kappa shape index (κ2) is 7.56. The summed E-state index contributed by atoms with van der Waals surface area (Å²) in [6.45, 7) is 6.70. The van der Waals surface area contributed by atoms with Crippen molar-refractivity contribution in [2.75, 3.05) is 5.32 Å². The second-order valence-electron chi connectivity index (χ2n) is 7.43. The lowest BCUT2D eigenvalue weighted by Gasteiger charge is -2.20. The van der Waals surface area contributed by atoms with E-state index in [1.807, 2.05) is 6.07 Å². The molecule has 8 heteroatoms. The minimum atomic E-state index is -0.717. The number of nitrogens with zero attached hydrogens (tertiary/aromatic N) is 2. The van der Waals surface area contributed by atoms with Crippen molar-refractivity contribution in [2.24, 2.45) is 0 Å². The summed E-state index contributed by atoms with van der Waals surface area (Å²) in [6.07, 6.45) is 2.37. The molecule has 2 aromatic rings. The molecule has 1 aromatic heterocycles. The van der Waals surface area contributed by atoms with E-state index in [9.17, 15) is 14.7 Å². The zero-order valence-corrected chi connectivity index (χ0v) is 17.1. The number of aromatic nitrogens is 2. The van der Waals surface area contributed by atoms with Gasteiger partial charge in [0.05, 0.1) is 10.7 Å². The highest BCUT2D eigenvalue weighted by molar-refractivity contribution is 8.00. The highest BCUT2D eigenvalue weighted by atomic mass is 35.5. The molecule has 2 heterocycles. The minimum Gasteiger partial charge on any atom is -0.493 e. The average molecular weight is 408 g/mol. The maximum absolute atomic E-state index is 12.7. The van der Waals surface area contributed by atoms with Crippen LogP contribution in [0.25, 0.3) is 0 Å². The Kier molecular flexibility index (Phi) is 5.53. The van der Waals surface area contributed by atoms with Gasteiger partial charge in [0.15, 0.2) is 5.56 Å². The largest absolute Gasteiger partial charge is 0.493 e. The van der Waals surface area contributed by atoms with E-state index in [1.54, 1.807) is 23.9 Å². The van der Waals surface area contributed by atoms with Gasteiger partial charge in [-0.3, -0.25) is 14.2 Å². The SMILES string of the molecule is CC(C)(C)Sc1cccc(NC(=O)c2c(O)nc3n(c2=O)CCCC3)c1Cl. The molecule has 1 aliphatic rings. The van der Waals surface area contributed by atoms with Gasteiger partial charge in [0.2, 0.25) is 5.88 Å². The molecule has 0 fully saturated rings. The molecule has 1 aromatic carbocycles. The predicted molar refractivity (Wildman–Crippen MR) is 108 cm³/mol. The third-order valence-electron chi connectivity index (χ3n) is 4.12. The first kappa shape index (κ1) is 19.8. The third kappa shape index (κ3) is 4.30. The van der Waals surface area contributed by atoms with Gasteiger partial charge in [0.25, 0.3) is 11.5 Å². The zero-order valence-electron chi connectivity index (χ0n) is 15.5. The molecule has 0 saturated heterocycles. The van der Waals surface area contributed by atoms with E-state index in [4.69, 9.17) is 11.6 Å². The molecule has 0 unspecified atom stereocenters. The van der Waals surface area contributed by atoms with Gasteiger partial charge in [-0.05, 0) is 25.0 Å². The quantitative estimate of drug-likeness (QED) is 0.749. The van der Waals surface area contributed by atoms with Gasteiger partial charge in [0, 0.05) is 22.6 Å². The number of hydrogen-bond acceptors (Lipinski definition) is 5. The van der Waals surface area contributed by atoms with Crippen LogP contribution in [0.5, 0.6) is 5.88 Å². The minimum absolute atomic E-state index is 0.0498. The van der Waals surface area contributed by atoms with Crippen LogP contribution in [0.4, 0.5) is 5.69 Å². The number of carbonyl (C=O) groups excluding carboxylic acids is 1. The maximum Gasteiger partial charge on any atom is 0.270 e. The van der Waals surface area contributed by atoms with Gasteiger partial charge in [0.1, 0.15) is 5.82 Å². The molecular formula is C19H22ClN3O3S. The van der Waals surface area contributed by atoms with E-state index >= 15 is 0 Å². The molecule has 144 valence electrons. The molecule has 0 aliphatic carbocycles. The van der Waals surface area contributed by atoms with Gasteiger partial charge < -0.3 is 10.4 Å². The van der Waals surface area contributed by atoms with Crippen molar-refractivity contribution in [3.05, 3.63) is 45.0 Å². The molecule has 27 heavy (non-hydrogen) atoms. The molecule has 3 rings (SSSR count). The Morgan fingerprint density at radius 1 is 1.33 bits per heavy atom. The van der Waals surface area contributed by atoms with Crippen LogP contribution in [0.2, 0.25) is 5.02 Å². The van der Waals surface area contributed by atoms with Gasteiger partial charge in [-0.15, -0.1) is 11.8 Å². The summed E-state index contributed by atoms with van der Waals surface area (Å²) in [5.41, 5.74) is -0.492. The molecule has 0 atom stereocenters. The van der Waals surface area contributed by atoms with Gasteiger partial charge in [-0.25, -0.2) is 0 Å². The molecule has 0 spiro atoms. The van der Waals surface area contributed by atoms with Crippen molar-refractivity contribution in [3.63, 3.8) is 0 Å². The van der Waals surface area contributed by atoms with E-state index in [-0.39, 0.29) is 10.3 Å². The number of amides is 1. The molecule has 0 radical (unpaired) electrons. The van der Waals surface area contributed by atoms with Crippen molar-refractivity contribution >= 4 is 35.0 Å². The van der Waals surface area contributed by atoms with Crippen LogP contribution >= 0.6 is 23.4 Å². The summed E-state index contributed by atoms with van der Waals surface area (Å²) in [5.74, 6) is -0.741. The number of thioether (sulfide) groups is 1. The van der Waals surface area contributed by atoms with E-state index in [1.165, 1.54) is 4.57 Å². The zero-order chi connectivity index (χ0) is 19.8. The number of nitrogens with one attached hydrogen (secondary N) is 1. The number of aromatic hydroxyl groups is 1. The molecule has 1 amide bonds. The first-order valence-electron chi connectivity index (χ1n) is 8.79. The van der Waals surface area contributed by atoms with E-state index in [2.05, 4.69) is 31.1 Å². The van der Waals surface area contributed by atoms with Gasteiger partial charge in [-0.1, -0.05) is 38.4 Å². The number of aryl methyl sites for hydroxylation is 1. The van der Waals surface area contributed by atoms with Crippen LogP contribution in [0.1, 0.15) is 49.8 Å². The molecule has 0 saturated carbocycles. The smallest absolute Gasteiger partial charge is 0.270 e. The molecule has 1 aliphatic heterocycles. The maximum atomic E-state index is 12.7. The normalized spacial score (nSPS) is 13.9. The Balaban J connectivity index is 1.93. The van der Waals surface area contributed by atoms with E-state index in [0.717, 1.165) is 17.7 Å². The summed E-state index contributed by atoms with van der Waals surface area (Å²) in [4.78, 5) is 30.2. The van der Waals surface area contributed by atoms with Gasteiger partial charge >= 0.3 is 0 Å². The summed E-state index contributed by atoms with van der Waals surface area (Å²) in [7, 11) is 0. The van der Waals surface area contributed by atoms with Crippen molar-refractivity contribution in [1.29, 1.82) is 0 Å². The lowest BCUT2D eigenvalue weighted by Crippen LogP contribution is -2.34. The first-order valence-corrected chi connectivity index (χ1v) is 9.98. The fourth-order valence-electron chi connectivity index (χ4n) is 2.96. The topological polar surface area (TPSA) is 84.2 Å². The number of fused-ring (bicyclic) bond motifs is 1. The Morgan fingerprint density at radius 2 is 2.07 bits per heavy atom. The lowest BCUT2D eigenvalue weighted by molar-refractivity contribution is 0.102. The number of hydrogen-bond donors (Lipinski definition) is 2. The summed E-state index contributed by atoms with van der Waals surface area (Å²) in [5, 5.41) is 13.2. The monoisotopic (exact) mass is 407 g/mol. The van der Waals surface area contributed by atoms with Crippen molar-refractivity contribution in [2.45, 2.75) is 56.2 Å². The average Bonchev–Trinajstić information content (AvgIpc) is 2.57. The first-order chi connectivity index (χ1) is 12.7. The number of halogens is 1. The number of rotatable bonds is 3. The highest BCUT2D eigenvalue weighted by Crippen LogP contribution is 2.39. The fourth-order valence-corrected chi connectivity index (χ4v) is 4.26. The van der Waals surface area contributed by atoms with Crippen LogP contribution in [-0.4, -0.2) is 25.3 Å². The van der Waals surface area contributed by atoms with E-state index < -0.39 is 17.3 Å². The summed E-state index contributed by atoms with van der Waals surface area (Å²) in [6, 6.07) is 5.32. The molecule has 2 N–H and O–H groups in total. The summed E-state index contributed by atoms with van der Waals surface area (Å²) < 4.78 is 1.41. The van der Waals surface area contributed by atoms with Crippen molar-refractivity contribution in [3.8, 4) is 5.88 Å². The predicted octanol–water partition coefficient (Wildman–Crippen LogP) is 4.08. The molecule has 6 nitrogen and oxygen atoms in total. The second-order valence-corrected chi connectivity index (χ2v) is 9.67. The van der Waals surface area contributed by atoms with Crippen LogP contribution in [-0.2, 0) is 13.0 Å². The molecular weight excluding hydrogens is 386 g/mol. The highest BCUT2D eigenvalue weighted by Gasteiger charge is 2.25. The fraction of sp³-hybridized carbons (Fsp3) is 0.421.